The van der Waals surface area contributed by atoms with Crippen LogP contribution in [0.1, 0.15) is 31.9 Å². The zero-order valence-corrected chi connectivity index (χ0v) is 12.1. The van der Waals surface area contributed by atoms with Crippen molar-refractivity contribution in [2.45, 2.75) is 44.9 Å². The molecule has 1 aromatic rings. The highest BCUT2D eigenvalue weighted by Gasteiger charge is 2.15. The van der Waals surface area contributed by atoms with Crippen LogP contribution in [-0.2, 0) is 6.42 Å². The predicted molar refractivity (Wildman–Crippen MR) is 78.2 cm³/mol. The maximum absolute atomic E-state index is 5.62. The van der Waals surface area contributed by atoms with Crippen molar-refractivity contribution < 1.29 is 0 Å². The smallest absolute Gasteiger partial charge is 0.0341 e. The van der Waals surface area contributed by atoms with Gasteiger partial charge < -0.3 is 0 Å². The first-order valence-corrected chi connectivity index (χ1v) is 7.05. The van der Waals surface area contributed by atoms with Gasteiger partial charge in [0, 0.05) is 16.5 Å². The molecule has 0 aliphatic heterocycles. The maximum Gasteiger partial charge on any atom is 0.0341 e. The summed E-state index contributed by atoms with van der Waals surface area (Å²) in [5.41, 5.74) is 5.56. The Kier molecular flexibility index (Phi) is 5.50. The molecule has 0 amide bonds. The van der Waals surface area contributed by atoms with Crippen molar-refractivity contribution >= 4 is 11.8 Å². The number of thioether (sulfide) groups is 1. The lowest BCUT2D eigenvalue weighted by atomic mass is 10.1. The second kappa shape index (κ2) is 6.43. The van der Waals surface area contributed by atoms with Gasteiger partial charge in [-0.25, -0.2) is 0 Å². The predicted octanol–water partition coefficient (Wildman–Crippen LogP) is 2.90. The highest BCUT2D eigenvalue weighted by atomic mass is 32.2. The lowest BCUT2D eigenvalue weighted by Gasteiger charge is -2.22. The average Bonchev–Trinajstić information content (AvgIpc) is 2.25. The molecular weight excluding hydrogens is 228 g/mol. The van der Waals surface area contributed by atoms with Crippen LogP contribution in [0.25, 0.3) is 0 Å². The number of hydrogen-bond donors (Lipinski definition) is 2. The fraction of sp³-hybridized carbons (Fsp3) is 0.571. The quantitative estimate of drug-likeness (QED) is 0.625. The molecule has 0 saturated heterocycles. The molecule has 0 fully saturated rings. The molecule has 96 valence electrons. The molecule has 1 rings (SSSR count). The minimum atomic E-state index is 0.294. The number of nitrogens with two attached hydrogens (primary N) is 1. The van der Waals surface area contributed by atoms with Gasteiger partial charge in [0.1, 0.15) is 0 Å². The number of rotatable bonds is 5. The van der Waals surface area contributed by atoms with E-state index in [4.69, 9.17) is 5.84 Å². The molecule has 0 bridgehead atoms. The van der Waals surface area contributed by atoms with E-state index in [2.05, 4.69) is 57.4 Å². The monoisotopic (exact) mass is 252 g/mol. The SMILES string of the molecule is Cc1ccc(CC(CSC(C)(C)C)NN)cc1. The van der Waals surface area contributed by atoms with E-state index in [9.17, 15) is 0 Å². The van der Waals surface area contributed by atoms with E-state index in [0.29, 0.717) is 10.8 Å². The molecule has 3 N–H and O–H groups in total. The Hall–Kier alpha value is -0.510. The van der Waals surface area contributed by atoms with Gasteiger partial charge in [0.15, 0.2) is 0 Å². The molecule has 1 unspecified atom stereocenters. The second-order valence-corrected chi connectivity index (χ2v) is 7.32. The van der Waals surface area contributed by atoms with Gasteiger partial charge in [-0.3, -0.25) is 11.3 Å². The van der Waals surface area contributed by atoms with Crippen LogP contribution in [0.3, 0.4) is 0 Å². The fourth-order valence-electron chi connectivity index (χ4n) is 1.53. The summed E-state index contributed by atoms with van der Waals surface area (Å²) in [6.45, 7) is 8.81. The number of nitrogens with one attached hydrogen (secondary N) is 1. The van der Waals surface area contributed by atoms with Gasteiger partial charge in [0.25, 0.3) is 0 Å². The van der Waals surface area contributed by atoms with E-state index in [0.717, 1.165) is 12.2 Å². The summed E-state index contributed by atoms with van der Waals surface area (Å²) in [6.07, 6.45) is 0.986. The largest absolute Gasteiger partial charge is 0.271 e. The van der Waals surface area contributed by atoms with Gasteiger partial charge in [-0.1, -0.05) is 50.6 Å². The van der Waals surface area contributed by atoms with E-state index < -0.39 is 0 Å². The summed E-state index contributed by atoms with van der Waals surface area (Å²) in [7, 11) is 0. The summed E-state index contributed by atoms with van der Waals surface area (Å²) in [5, 5.41) is 0. The Morgan fingerprint density at radius 1 is 1.24 bits per heavy atom. The van der Waals surface area contributed by atoms with Gasteiger partial charge in [-0.2, -0.15) is 11.8 Å². The van der Waals surface area contributed by atoms with Crippen LogP contribution in [0.2, 0.25) is 0 Å². The van der Waals surface area contributed by atoms with E-state index in [1.165, 1.54) is 11.1 Å². The molecule has 2 nitrogen and oxygen atoms in total. The van der Waals surface area contributed by atoms with Crippen LogP contribution in [0.4, 0.5) is 0 Å². The standard InChI is InChI=1S/C14H24N2S/c1-11-5-7-12(8-6-11)9-13(16-15)10-17-14(2,3)4/h5-8,13,16H,9-10,15H2,1-4H3. The number of aryl methyl sites for hydroxylation is 1. The molecule has 0 saturated carbocycles. The minimum Gasteiger partial charge on any atom is -0.271 e. The summed E-state index contributed by atoms with van der Waals surface area (Å²) >= 11 is 1.95. The Morgan fingerprint density at radius 2 is 1.82 bits per heavy atom. The summed E-state index contributed by atoms with van der Waals surface area (Å²) in [4.78, 5) is 0. The van der Waals surface area contributed by atoms with Gasteiger partial charge in [0.05, 0.1) is 0 Å². The number of hydrazine groups is 1. The summed E-state index contributed by atoms with van der Waals surface area (Å²) in [6, 6.07) is 9.00. The normalized spacial score (nSPS) is 13.7. The van der Waals surface area contributed by atoms with Gasteiger partial charge >= 0.3 is 0 Å². The van der Waals surface area contributed by atoms with Crippen LogP contribution in [0.5, 0.6) is 0 Å². The first-order chi connectivity index (χ1) is 7.90. The third-order valence-electron chi connectivity index (χ3n) is 2.56. The molecule has 0 heterocycles. The lowest BCUT2D eigenvalue weighted by molar-refractivity contribution is 0.573. The molecular formula is C14H24N2S. The first-order valence-electron chi connectivity index (χ1n) is 6.06. The maximum atomic E-state index is 5.62. The van der Waals surface area contributed by atoms with Crippen LogP contribution in [-0.4, -0.2) is 16.5 Å². The molecule has 0 aliphatic rings. The molecule has 1 atom stereocenters. The molecule has 0 aliphatic carbocycles. The third kappa shape index (κ3) is 6.10. The van der Waals surface area contributed by atoms with Gasteiger partial charge in [-0.15, -0.1) is 0 Å². The van der Waals surface area contributed by atoms with E-state index >= 15 is 0 Å². The van der Waals surface area contributed by atoms with Crippen LogP contribution in [0, 0.1) is 6.92 Å². The van der Waals surface area contributed by atoms with Crippen LogP contribution >= 0.6 is 11.8 Å². The van der Waals surface area contributed by atoms with Gasteiger partial charge in [0.2, 0.25) is 0 Å². The highest BCUT2D eigenvalue weighted by molar-refractivity contribution is 8.00. The van der Waals surface area contributed by atoms with Crippen molar-refractivity contribution in [2.24, 2.45) is 5.84 Å². The van der Waals surface area contributed by atoms with Crippen molar-refractivity contribution in [2.75, 3.05) is 5.75 Å². The molecule has 0 aromatic heterocycles. The lowest BCUT2D eigenvalue weighted by Crippen LogP contribution is -2.39. The van der Waals surface area contributed by atoms with Crippen molar-refractivity contribution in [3.8, 4) is 0 Å². The van der Waals surface area contributed by atoms with Crippen molar-refractivity contribution in [1.82, 2.24) is 5.43 Å². The van der Waals surface area contributed by atoms with E-state index in [1.807, 2.05) is 11.8 Å². The van der Waals surface area contributed by atoms with Gasteiger partial charge in [-0.05, 0) is 18.9 Å². The zero-order valence-electron chi connectivity index (χ0n) is 11.3. The molecule has 3 heteroatoms. The van der Waals surface area contributed by atoms with Crippen LogP contribution in [0.15, 0.2) is 24.3 Å². The highest BCUT2D eigenvalue weighted by Crippen LogP contribution is 2.24. The Bertz CT molecular complexity index is 327. The molecule has 0 radical (unpaired) electrons. The first kappa shape index (κ1) is 14.6. The fourth-order valence-corrected chi connectivity index (χ4v) is 2.44. The van der Waals surface area contributed by atoms with Crippen molar-refractivity contribution in [3.05, 3.63) is 35.4 Å². The number of hydrogen-bond acceptors (Lipinski definition) is 3. The molecule has 17 heavy (non-hydrogen) atoms. The second-order valence-electron chi connectivity index (χ2n) is 5.48. The Labute approximate surface area is 109 Å². The Morgan fingerprint density at radius 3 is 2.29 bits per heavy atom. The van der Waals surface area contributed by atoms with Crippen molar-refractivity contribution in [3.63, 3.8) is 0 Å². The average molecular weight is 252 g/mol. The third-order valence-corrected chi connectivity index (χ3v) is 3.99. The summed E-state index contributed by atoms with van der Waals surface area (Å²) < 4.78 is 0.294. The summed E-state index contributed by atoms with van der Waals surface area (Å²) in [5.74, 6) is 6.65. The topological polar surface area (TPSA) is 38.0 Å². The molecule has 1 aromatic carbocycles. The Balaban J connectivity index is 2.49. The minimum absolute atomic E-state index is 0.294. The van der Waals surface area contributed by atoms with E-state index in [-0.39, 0.29) is 0 Å². The van der Waals surface area contributed by atoms with Crippen LogP contribution < -0.4 is 11.3 Å². The zero-order chi connectivity index (χ0) is 12.9. The number of benzene rings is 1. The van der Waals surface area contributed by atoms with E-state index in [1.54, 1.807) is 0 Å². The molecule has 0 spiro atoms. The van der Waals surface area contributed by atoms with Crippen molar-refractivity contribution in [1.29, 1.82) is 0 Å².